The number of ether oxygens (including phenoxy) is 1. The van der Waals surface area contributed by atoms with Crippen LogP contribution < -0.4 is 0 Å². The Kier molecular flexibility index (Phi) is 14.5. The Morgan fingerprint density at radius 1 is 0.889 bits per heavy atom. The molecule has 0 amide bonds. The van der Waals surface area contributed by atoms with Gasteiger partial charge in [0.15, 0.2) is 0 Å². The summed E-state index contributed by atoms with van der Waals surface area (Å²) in [5, 5.41) is 9.59. The summed E-state index contributed by atoms with van der Waals surface area (Å²) in [4.78, 5) is 0. The first-order chi connectivity index (χ1) is 12.6. The molecule has 0 rings (SSSR count). The molecule has 0 heterocycles. The van der Waals surface area contributed by atoms with Crippen LogP contribution in [0.3, 0.4) is 0 Å². The molecule has 0 saturated heterocycles. The number of hydrogen-bond acceptors (Lipinski definition) is 2. The molecule has 0 aliphatic carbocycles. The van der Waals surface area contributed by atoms with E-state index >= 15 is 0 Å². The Labute approximate surface area is 175 Å². The fourth-order valence-corrected chi connectivity index (χ4v) is 25.1. The van der Waals surface area contributed by atoms with Gasteiger partial charge in [-0.3, -0.25) is 0 Å². The average Bonchev–Trinajstić information content (AvgIpc) is 2.57. The maximum absolute atomic E-state index is 9.59. The topological polar surface area (TPSA) is 29.5 Å². The molecule has 162 valence electrons. The number of hydrogen-bond donors (Lipinski definition) is 1. The Morgan fingerprint density at radius 3 is 1.67 bits per heavy atom. The van der Waals surface area contributed by atoms with Crippen molar-refractivity contribution in [3.63, 3.8) is 0 Å². The van der Waals surface area contributed by atoms with E-state index in [1.54, 1.807) is 0 Å². The maximum atomic E-state index is 9.59. The summed E-state index contributed by atoms with van der Waals surface area (Å²) >= 11 is -2.37. The monoisotopic (exact) mass is 490 g/mol. The second-order valence-corrected chi connectivity index (χ2v) is 23.7. The van der Waals surface area contributed by atoms with Crippen molar-refractivity contribution in [1.29, 1.82) is 0 Å². The van der Waals surface area contributed by atoms with Crippen molar-refractivity contribution in [1.82, 2.24) is 0 Å². The van der Waals surface area contributed by atoms with Gasteiger partial charge < -0.3 is 0 Å². The summed E-state index contributed by atoms with van der Waals surface area (Å²) in [6, 6.07) is 0. The first-order valence-corrected chi connectivity index (χ1v) is 19.3. The molecule has 0 spiro atoms. The molecule has 3 atom stereocenters. The molecule has 0 aromatic heterocycles. The molecule has 0 aliphatic heterocycles. The normalized spacial score (nSPS) is 16.5. The molecule has 3 heteroatoms. The van der Waals surface area contributed by atoms with E-state index in [2.05, 4.69) is 54.5 Å². The zero-order valence-corrected chi connectivity index (χ0v) is 22.7. The molecule has 2 nitrogen and oxygen atoms in total. The Balaban J connectivity index is 5.61. The summed E-state index contributed by atoms with van der Waals surface area (Å²) in [7, 11) is 0. The number of unbranched alkanes of at least 4 members (excludes halogenated alkanes) is 3. The SMILES string of the molecule is CCC[CH2][Sn]([CH2]CCC)([CH2]CCC)[CH](/C=C/O[C@H](C)C[C@@H](C)O)C(C)(C)C. The van der Waals surface area contributed by atoms with Gasteiger partial charge in [-0.05, 0) is 0 Å². The first-order valence-electron chi connectivity index (χ1n) is 11.6. The van der Waals surface area contributed by atoms with E-state index < -0.39 is 18.4 Å². The van der Waals surface area contributed by atoms with Crippen LogP contribution in [0.2, 0.25) is 17.2 Å². The molecule has 0 radical (unpaired) electrons. The second-order valence-electron chi connectivity index (χ2n) is 9.88. The second kappa shape index (κ2) is 14.3. The third kappa shape index (κ3) is 11.2. The third-order valence-electron chi connectivity index (χ3n) is 5.93. The predicted octanol–water partition coefficient (Wildman–Crippen LogP) is 7.94. The molecule has 0 aliphatic rings. The van der Waals surface area contributed by atoms with Crippen molar-refractivity contribution >= 4 is 18.4 Å². The Bertz CT molecular complexity index is 363. The molecule has 1 N–H and O–H groups in total. The van der Waals surface area contributed by atoms with Crippen LogP contribution in [0.25, 0.3) is 0 Å². The van der Waals surface area contributed by atoms with Crippen LogP contribution in [-0.4, -0.2) is 35.7 Å². The molecule has 0 fully saturated rings. The van der Waals surface area contributed by atoms with Crippen molar-refractivity contribution < 1.29 is 9.84 Å². The van der Waals surface area contributed by atoms with Gasteiger partial charge in [-0.25, -0.2) is 0 Å². The van der Waals surface area contributed by atoms with Crippen molar-refractivity contribution in [2.75, 3.05) is 0 Å². The van der Waals surface area contributed by atoms with Gasteiger partial charge in [0, 0.05) is 0 Å². The summed E-state index contributed by atoms with van der Waals surface area (Å²) in [5.74, 6) is 0. The molecule has 0 saturated carbocycles. The van der Waals surface area contributed by atoms with E-state index in [0.717, 1.165) is 3.93 Å². The fraction of sp³-hybridized carbons (Fsp3) is 0.917. The van der Waals surface area contributed by atoms with Gasteiger partial charge in [0.05, 0.1) is 0 Å². The molecule has 27 heavy (non-hydrogen) atoms. The van der Waals surface area contributed by atoms with Crippen molar-refractivity contribution in [3.05, 3.63) is 12.3 Å². The van der Waals surface area contributed by atoms with Crippen molar-refractivity contribution in [2.45, 2.75) is 130 Å². The Morgan fingerprint density at radius 2 is 1.33 bits per heavy atom. The predicted molar refractivity (Wildman–Crippen MR) is 124 cm³/mol. The van der Waals surface area contributed by atoms with Gasteiger partial charge in [0.2, 0.25) is 0 Å². The molecule has 0 bridgehead atoms. The third-order valence-corrected chi connectivity index (χ3v) is 24.3. The van der Waals surface area contributed by atoms with Crippen LogP contribution >= 0.6 is 0 Å². The van der Waals surface area contributed by atoms with Gasteiger partial charge in [-0.1, -0.05) is 0 Å². The minimum atomic E-state index is -2.37. The van der Waals surface area contributed by atoms with Crippen LogP contribution in [0, 0.1) is 5.41 Å². The number of aliphatic hydroxyl groups excluding tert-OH is 1. The first kappa shape index (κ1) is 27.3. The quantitative estimate of drug-likeness (QED) is 0.187. The molecule has 0 aromatic rings. The van der Waals surface area contributed by atoms with Crippen LogP contribution in [0.4, 0.5) is 0 Å². The molecule has 1 unspecified atom stereocenters. The van der Waals surface area contributed by atoms with Crippen LogP contribution in [0.1, 0.15) is 100 Å². The number of rotatable bonds is 15. The zero-order valence-electron chi connectivity index (χ0n) is 19.8. The summed E-state index contributed by atoms with van der Waals surface area (Å²) in [6.45, 7) is 18.3. The fourth-order valence-electron chi connectivity index (χ4n) is 4.63. The summed E-state index contributed by atoms with van der Waals surface area (Å²) < 4.78 is 11.3. The van der Waals surface area contributed by atoms with E-state index in [-0.39, 0.29) is 12.2 Å². The molecule has 0 aromatic carbocycles. The zero-order chi connectivity index (χ0) is 20.9. The van der Waals surface area contributed by atoms with Gasteiger partial charge >= 0.3 is 176 Å². The summed E-state index contributed by atoms with van der Waals surface area (Å²) in [6.07, 6.45) is 13.1. The van der Waals surface area contributed by atoms with Crippen molar-refractivity contribution in [2.24, 2.45) is 5.41 Å². The van der Waals surface area contributed by atoms with Gasteiger partial charge in [-0.15, -0.1) is 0 Å². The summed E-state index contributed by atoms with van der Waals surface area (Å²) in [5.41, 5.74) is 0.304. The van der Waals surface area contributed by atoms with Crippen LogP contribution in [-0.2, 0) is 4.74 Å². The standard InChI is InChI=1S/C12H23O2.3C4H9.Sn/c1-10(13)9-11(2)14-8-6-7-12(3,4)5;3*1-3-4-2;/h6-8,10-11,13H,9H2,1-5H3;3*1,3-4H2,2H3;/b8-6+;;;;/t10-,11-;;;;/m1..../s1. The molecular weight excluding hydrogens is 439 g/mol. The average molecular weight is 489 g/mol. The van der Waals surface area contributed by atoms with E-state index in [4.69, 9.17) is 4.74 Å². The molecular formula is C24H50O2Sn. The van der Waals surface area contributed by atoms with Crippen molar-refractivity contribution in [3.8, 4) is 0 Å². The van der Waals surface area contributed by atoms with Crippen LogP contribution in [0.15, 0.2) is 12.3 Å². The Hall–Kier alpha value is 0.299. The number of aliphatic hydroxyl groups is 1. The van der Waals surface area contributed by atoms with E-state index in [0.29, 0.717) is 11.8 Å². The minimum absolute atomic E-state index is 0.0772. The number of allylic oxidation sites excluding steroid dienone is 1. The van der Waals surface area contributed by atoms with Gasteiger partial charge in [-0.2, -0.15) is 0 Å². The van der Waals surface area contributed by atoms with E-state index in [1.807, 2.05) is 13.2 Å². The van der Waals surface area contributed by atoms with Crippen LogP contribution in [0.5, 0.6) is 0 Å². The van der Waals surface area contributed by atoms with Gasteiger partial charge in [0.1, 0.15) is 0 Å². The van der Waals surface area contributed by atoms with E-state index in [9.17, 15) is 5.11 Å². The van der Waals surface area contributed by atoms with E-state index in [1.165, 1.54) is 51.8 Å². The van der Waals surface area contributed by atoms with Gasteiger partial charge in [0.25, 0.3) is 0 Å².